The minimum Gasteiger partial charge on any atom is -0.489 e. The molecule has 0 aliphatic carbocycles. The van der Waals surface area contributed by atoms with E-state index in [1.165, 1.54) is 0 Å². The number of hydrogen-bond acceptors (Lipinski definition) is 3. The highest BCUT2D eigenvalue weighted by atomic mass is 35.5. The first-order valence-corrected chi connectivity index (χ1v) is 6.62. The molecule has 2 rings (SSSR count). The molecule has 0 spiro atoms. The van der Waals surface area contributed by atoms with Crippen molar-refractivity contribution in [3.05, 3.63) is 64.2 Å². The Bertz CT molecular complexity index is 738. The van der Waals surface area contributed by atoms with E-state index in [0.29, 0.717) is 22.9 Å². The molecule has 0 saturated heterocycles. The summed E-state index contributed by atoms with van der Waals surface area (Å²) in [6.45, 7) is 0.132. The standard InChI is InChI=1S/C17H12ClNO2/c18-17-10-14(11-19)6-7-15(17)12-21-16-5-1-3-13(9-16)4-2-8-20/h1,3,5-7,9-10,20H,8,12H2. The van der Waals surface area contributed by atoms with Gasteiger partial charge >= 0.3 is 0 Å². The summed E-state index contributed by atoms with van der Waals surface area (Å²) in [6, 6.07) is 14.4. The van der Waals surface area contributed by atoms with E-state index in [2.05, 4.69) is 11.8 Å². The van der Waals surface area contributed by atoms with Gasteiger partial charge in [-0.15, -0.1) is 0 Å². The van der Waals surface area contributed by atoms with Crippen LogP contribution in [0, 0.1) is 23.2 Å². The minimum absolute atomic E-state index is 0.175. The van der Waals surface area contributed by atoms with Crippen LogP contribution in [-0.2, 0) is 6.61 Å². The summed E-state index contributed by atoms with van der Waals surface area (Å²) in [5.41, 5.74) is 2.10. The lowest BCUT2D eigenvalue weighted by atomic mass is 10.1. The van der Waals surface area contributed by atoms with Gasteiger partial charge in [-0.25, -0.2) is 0 Å². The van der Waals surface area contributed by atoms with Crippen molar-refractivity contribution in [1.82, 2.24) is 0 Å². The molecule has 0 saturated carbocycles. The summed E-state index contributed by atoms with van der Waals surface area (Å²) in [5, 5.41) is 18.0. The van der Waals surface area contributed by atoms with Crippen LogP contribution in [0.5, 0.6) is 5.75 Å². The predicted molar refractivity (Wildman–Crippen MR) is 80.9 cm³/mol. The highest BCUT2D eigenvalue weighted by Crippen LogP contribution is 2.20. The van der Waals surface area contributed by atoms with Crippen LogP contribution in [0.1, 0.15) is 16.7 Å². The average Bonchev–Trinajstić information content (AvgIpc) is 2.52. The quantitative estimate of drug-likeness (QED) is 0.886. The third kappa shape index (κ3) is 4.26. The highest BCUT2D eigenvalue weighted by molar-refractivity contribution is 6.31. The van der Waals surface area contributed by atoms with Gasteiger partial charge in [-0.3, -0.25) is 0 Å². The van der Waals surface area contributed by atoms with E-state index in [9.17, 15) is 0 Å². The molecule has 0 aromatic heterocycles. The van der Waals surface area contributed by atoms with Gasteiger partial charge in [0.25, 0.3) is 0 Å². The zero-order chi connectivity index (χ0) is 15.1. The van der Waals surface area contributed by atoms with Crippen LogP contribution < -0.4 is 4.74 Å². The Morgan fingerprint density at radius 1 is 1.14 bits per heavy atom. The summed E-state index contributed by atoms with van der Waals surface area (Å²) in [4.78, 5) is 0. The molecular formula is C17H12ClNO2. The van der Waals surface area contributed by atoms with E-state index in [-0.39, 0.29) is 6.61 Å². The minimum atomic E-state index is -0.175. The maximum absolute atomic E-state index is 8.79. The van der Waals surface area contributed by atoms with Crippen molar-refractivity contribution in [2.75, 3.05) is 6.61 Å². The molecule has 0 aliphatic rings. The van der Waals surface area contributed by atoms with Gasteiger partial charge in [0.15, 0.2) is 0 Å². The molecule has 0 amide bonds. The molecule has 0 fully saturated rings. The molecule has 2 aromatic rings. The van der Waals surface area contributed by atoms with Crippen molar-refractivity contribution >= 4 is 11.6 Å². The van der Waals surface area contributed by atoms with E-state index in [4.69, 9.17) is 26.7 Å². The summed E-state index contributed by atoms with van der Waals surface area (Å²) in [6.07, 6.45) is 0. The van der Waals surface area contributed by atoms with Crippen molar-refractivity contribution in [2.24, 2.45) is 0 Å². The molecule has 0 aliphatic heterocycles. The third-order valence-corrected chi connectivity index (χ3v) is 3.07. The SMILES string of the molecule is N#Cc1ccc(COc2cccc(C#CCO)c2)c(Cl)c1. The smallest absolute Gasteiger partial charge is 0.121 e. The fourth-order valence-electron chi connectivity index (χ4n) is 1.70. The van der Waals surface area contributed by atoms with Crippen LogP contribution in [-0.4, -0.2) is 11.7 Å². The first-order chi connectivity index (χ1) is 10.2. The molecule has 0 unspecified atom stereocenters. The lowest BCUT2D eigenvalue weighted by molar-refractivity contribution is 0.306. The molecule has 21 heavy (non-hydrogen) atoms. The first-order valence-electron chi connectivity index (χ1n) is 6.24. The Hall–Kier alpha value is -2.46. The first kappa shape index (κ1) is 14.9. The normalized spacial score (nSPS) is 9.38. The van der Waals surface area contributed by atoms with Crippen molar-refractivity contribution in [1.29, 1.82) is 5.26 Å². The van der Waals surface area contributed by atoms with E-state index < -0.39 is 0 Å². The van der Waals surface area contributed by atoms with E-state index >= 15 is 0 Å². The van der Waals surface area contributed by atoms with Gasteiger partial charge in [0.2, 0.25) is 0 Å². The fraction of sp³-hybridized carbons (Fsp3) is 0.118. The second kappa shape index (κ2) is 7.36. The number of ether oxygens (including phenoxy) is 1. The van der Waals surface area contributed by atoms with Crippen LogP contribution in [0.3, 0.4) is 0 Å². The van der Waals surface area contributed by atoms with Gasteiger partial charge in [-0.1, -0.05) is 35.6 Å². The molecule has 0 bridgehead atoms. The fourth-order valence-corrected chi connectivity index (χ4v) is 1.94. The summed E-state index contributed by atoms with van der Waals surface area (Å²) in [5.74, 6) is 6.07. The van der Waals surface area contributed by atoms with Gasteiger partial charge in [0.1, 0.15) is 19.0 Å². The molecule has 104 valence electrons. The second-order valence-corrected chi connectivity index (χ2v) is 4.60. The van der Waals surface area contributed by atoms with Crippen LogP contribution in [0.4, 0.5) is 0 Å². The Morgan fingerprint density at radius 3 is 2.71 bits per heavy atom. The summed E-state index contributed by atoms with van der Waals surface area (Å²) >= 11 is 6.09. The van der Waals surface area contributed by atoms with Crippen LogP contribution in [0.25, 0.3) is 0 Å². The number of rotatable bonds is 3. The summed E-state index contributed by atoms with van der Waals surface area (Å²) < 4.78 is 5.67. The van der Waals surface area contributed by atoms with Crippen LogP contribution in [0.15, 0.2) is 42.5 Å². The summed E-state index contributed by atoms with van der Waals surface area (Å²) in [7, 11) is 0. The third-order valence-electron chi connectivity index (χ3n) is 2.72. The van der Waals surface area contributed by atoms with Crippen LogP contribution in [0.2, 0.25) is 5.02 Å². The van der Waals surface area contributed by atoms with Gasteiger partial charge in [0.05, 0.1) is 11.6 Å². The highest BCUT2D eigenvalue weighted by Gasteiger charge is 2.03. The molecule has 0 radical (unpaired) electrons. The Balaban J connectivity index is 2.08. The van der Waals surface area contributed by atoms with Crippen molar-refractivity contribution < 1.29 is 9.84 Å². The Morgan fingerprint density at radius 2 is 2.00 bits per heavy atom. The maximum Gasteiger partial charge on any atom is 0.121 e. The lowest BCUT2D eigenvalue weighted by Gasteiger charge is -2.08. The zero-order valence-electron chi connectivity index (χ0n) is 11.1. The molecule has 4 heteroatoms. The van der Waals surface area contributed by atoms with Gasteiger partial charge in [-0.2, -0.15) is 5.26 Å². The van der Waals surface area contributed by atoms with Crippen molar-refractivity contribution in [3.8, 4) is 23.7 Å². The molecule has 2 aromatic carbocycles. The van der Waals surface area contributed by atoms with E-state index in [1.54, 1.807) is 24.3 Å². The Labute approximate surface area is 128 Å². The van der Waals surface area contributed by atoms with Gasteiger partial charge < -0.3 is 9.84 Å². The number of halogens is 1. The number of hydrogen-bond donors (Lipinski definition) is 1. The number of aliphatic hydroxyl groups is 1. The molecule has 1 N–H and O–H groups in total. The number of nitriles is 1. The number of aliphatic hydroxyl groups excluding tert-OH is 1. The second-order valence-electron chi connectivity index (χ2n) is 4.19. The molecule has 0 atom stereocenters. The lowest BCUT2D eigenvalue weighted by Crippen LogP contribution is -1.97. The molecular weight excluding hydrogens is 286 g/mol. The monoisotopic (exact) mass is 297 g/mol. The largest absolute Gasteiger partial charge is 0.489 e. The molecule has 3 nitrogen and oxygen atoms in total. The predicted octanol–water partition coefficient (Wildman–Crippen LogP) is 3.13. The zero-order valence-corrected chi connectivity index (χ0v) is 11.9. The number of benzene rings is 2. The molecule has 0 heterocycles. The van der Waals surface area contributed by atoms with Crippen molar-refractivity contribution in [2.45, 2.75) is 6.61 Å². The van der Waals surface area contributed by atoms with E-state index in [0.717, 1.165) is 11.1 Å². The number of nitrogens with zero attached hydrogens (tertiary/aromatic N) is 1. The Kier molecular flexibility index (Phi) is 5.23. The maximum atomic E-state index is 8.79. The topological polar surface area (TPSA) is 53.2 Å². The van der Waals surface area contributed by atoms with E-state index in [1.807, 2.05) is 24.3 Å². The van der Waals surface area contributed by atoms with Crippen molar-refractivity contribution in [3.63, 3.8) is 0 Å². The average molecular weight is 298 g/mol. The van der Waals surface area contributed by atoms with Gasteiger partial charge in [0, 0.05) is 16.1 Å². The van der Waals surface area contributed by atoms with Gasteiger partial charge in [-0.05, 0) is 30.3 Å². The van der Waals surface area contributed by atoms with Crippen LogP contribution >= 0.6 is 11.6 Å².